The number of hydroxylamine groups is 1. The predicted octanol–water partition coefficient (Wildman–Crippen LogP) is 1.15. The van der Waals surface area contributed by atoms with Crippen LogP contribution in [0, 0.1) is 0 Å². The Kier molecular flexibility index (Phi) is 5.67. The Balaban J connectivity index is 3.50. The molecule has 0 heterocycles. The summed E-state index contributed by atoms with van der Waals surface area (Å²) < 4.78 is 4.79. The Morgan fingerprint density at radius 3 is 2.70 bits per heavy atom. The SMILES string of the molecule is CCC(NOSC)C(C)=O. The highest BCUT2D eigenvalue weighted by Gasteiger charge is 2.09. The highest BCUT2D eigenvalue weighted by molar-refractivity contribution is 7.93. The highest BCUT2D eigenvalue weighted by Crippen LogP contribution is 1.96. The molecule has 0 amide bonds. The van der Waals surface area contributed by atoms with Gasteiger partial charge in [0.15, 0.2) is 0 Å². The van der Waals surface area contributed by atoms with Crippen molar-refractivity contribution in [3.8, 4) is 0 Å². The Labute approximate surface area is 65.7 Å². The van der Waals surface area contributed by atoms with E-state index < -0.39 is 0 Å². The van der Waals surface area contributed by atoms with Gasteiger partial charge in [-0.25, -0.2) is 4.28 Å². The highest BCUT2D eigenvalue weighted by atomic mass is 32.2. The van der Waals surface area contributed by atoms with Gasteiger partial charge >= 0.3 is 0 Å². The molecule has 0 saturated heterocycles. The van der Waals surface area contributed by atoms with Crippen LogP contribution in [-0.4, -0.2) is 18.1 Å². The van der Waals surface area contributed by atoms with E-state index in [2.05, 4.69) is 5.48 Å². The number of hydrogen-bond acceptors (Lipinski definition) is 4. The van der Waals surface area contributed by atoms with Gasteiger partial charge in [0.25, 0.3) is 0 Å². The first kappa shape index (κ1) is 9.94. The summed E-state index contributed by atoms with van der Waals surface area (Å²) in [5.41, 5.74) is 2.63. The second kappa shape index (κ2) is 5.70. The average molecular weight is 163 g/mol. The van der Waals surface area contributed by atoms with Crippen LogP contribution in [-0.2, 0) is 9.08 Å². The molecule has 0 fully saturated rings. The van der Waals surface area contributed by atoms with Crippen molar-refractivity contribution in [3.63, 3.8) is 0 Å². The number of carbonyl (C=O) groups excluding carboxylic acids is 1. The van der Waals surface area contributed by atoms with Crippen LogP contribution in [0.15, 0.2) is 0 Å². The third kappa shape index (κ3) is 3.87. The van der Waals surface area contributed by atoms with E-state index in [9.17, 15) is 4.79 Å². The third-order valence-corrected chi connectivity index (χ3v) is 1.44. The van der Waals surface area contributed by atoms with E-state index in [0.717, 1.165) is 6.42 Å². The predicted molar refractivity (Wildman–Crippen MR) is 42.5 cm³/mol. The number of hydrogen-bond donors (Lipinski definition) is 1. The van der Waals surface area contributed by atoms with Crippen LogP contribution in [0.4, 0.5) is 0 Å². The van der Waals surface area contributed by atoms with E-state index in [1.54, 1.807) is 13.2 Å². The van der Waals surface area contributed by atoms with Gasteiger partial charge < -0.3 is 0 Å². The van der Waals surface area contributed by atoms with Crippen LogP contribution >= 0.6 is 12.0 Å². The van der Waals surface area contributed by atoms with Crippen molar-refractivity contribution in [1.82, 2.24) is 5.48 Å². The molecular formula is C6H13NO2S. The molecule has 1 unspecified atom stereocenters. The molecule has 10 heavy (non-hydrogen) atoms. The Hall–Kier alpha value is -0.0600. The van der Waals surface area contributed by atoms with Crippen LogP contribution < -0.4 is 5.48 Å². The van der Waals surface area contributed by atoms with Crippen molar-refractivity contribution < 1.29 is 9.08 Å². The fourth-order valence-electron chi connectivity index (χ4n) is 0.560. The normalized spacial score (nSPS) is 13.1. The lowest BCUT2D eigenvalue weighted by molar-refractivity contribution is -0.120. The molecule has 0 rings (SSSR count). The second-order valence-electron chi connectivity index (χ2n) is 1.94. The summed E-state index contributed by atoms with van der Waals surface area (Å²) in [5.74, 6) is 0.108. The van der Waals surface area contributed by atoms with Crippen molar-refractivity contribution in [1.29, 1.82) is 0 Å². The van der Waals surface area contributed by atoms with Gasteiger partial charge in [0, 0.05) is 18.3 Å². The molecule has 0 saturated carbocycles. The van der Waals surface area contributed by atoms with Crippen molar-refractivity contribution in [2.24, 2.45) is 0 Å². The van der Waals surface area contributed by atoms with Gasteiger partial charge in [-0.15, -0.1) is 0 Å². The fraction of sp³-hybridized carbons (Fsp3) is 0.833. The van der Waals surface area contributed by atoms with E-state index in [0.29, 0.717) is 0 Å². The van der Waals surface area contributed by atoms with Crippen molar-refractivity contribution >= 4 is 17.8 Å². The monoisotopic (exact) mass is 163 g/mol. The number of Topliss-reactive ketones (excluding diaryl/α,β-unsaturated/α-hetero) is 1. The van der Waals surface area contributed by atoms with E-state index in [1.165, 1.54) is 12.0 Å². The maximum Gasteiger partial charge on any atom is 0.149 e. The molecule has 0 bridgehead atoms. The Morgan fingerprint density at radius 2 is 2.40 bits per heavy atom. The topological polar surface area (TPSA) is 38.3 Å². The van der Waals surface area contributed by atoms with Crippen LogP contribution in [0.1, 0.15) is 20.3 Å². The minimum atomic E-state index is -0.160. The summed E-state index contributed by atoms with van der Waals surface area (Å²) in [6, 6.07) is -0.160. The molecule has 0 spiro atoms. The number of ketones is 1. The minimum absolute atomic E-state index is 0.108. The molecule has 0 aromatic carbocycles. The van der Waals surface area contributed by atoms with Crippen molar-refractivity contribution in [2.75, 3.05) is 6.26 Å². The smallest absolute Gasteiger partial charge is 0.149 e. The third-order valence-electron chi connectivity index (χ3n) is 1.17. The maximum atomic E-state index is 10.7. The first-order valence-corrected chi connectivity index (χ1v) is 4.33. The van der Waals surface area contributed by atoms with E-state index in [4.69, 9.17) is 4.28 Å². The van der Waals surface area contributed by atoms with Gasteiger partial charge in [-0.1, -0.05) is 6.92 Å². The molecule has 1 atom stereocenters. The number of rotatable bonds is 5. The van der Waals surface area contributed by atoms with E-state index in [-0.39, 0.29) is 11.8 Å². The summed E-state index contributed by atoms with van der Waals surface area (Å²) >= 11 is 1.20. The van der Waals surface area contributed by atoms with Crippen molar-refractivity contribution in [3.05, 3.63) is 0 Å². The molecule has 3 nitrogen and oxygen atoms in total. The molecule has 60 valence electrons. The lowest BCUT2D eigenvalue weighted by Crippen LogP contribution is -2.32. The lowest BCUT2D eigenvalue weighted by Gasteiger charge is -2.10. The number of carbonyl (C=O) groups is 1. The summed E-state index contributed by atoms with van der Waals surface area (Å²) in [5, 5.41) is 0. The average Bonchev–Trinajstić information content (AvgIpc) is 1.89. The Bertz CT molecular complexity index is 108. The lowest BCUT2D eigenvalue weighted by atomic mass is 10.2. The quantitative estimate of drug-likeness (QED) is 0.487. The van der Waals surface area contributed by atoms with Gasteiger partial charge in [0.05, 0.1) is 6.04 Å². The van der Waals surface area contributed by atoms with E-state index >= 15 is 0 Å². The first-order valence-electron chi connectivity index (χ1n) is 3.18. The minimum Gasteiger partial charge on any atom is -0.298 e. The zero-order chi connectivity index (χ0) is 7.98. The van der Waals surface area contributed by atoms with Crippen LogP contribution in [0.5, 0.6) is 0 Å². The van der Waals surface area contributed by atoms with Crippen LogP contribution in [0.2, 0.25) is 0 Å². The fourth-order valence-corrected chi connectivity index (χ4v) is 0.772. The summed E-state index contributed by atoms with van der Waals surface area (Å²) in [6.45, 7) is 3.48. The zero-order valence-electron chi connectivity index (χ0n) is 6.51. The van der Waals surface area contributed by atoms with Gasteiger partial charge in [0.2, 0.25) is 0 Å². The molecule has 4 heteroatoms. The van der Waals surface area contributed by atoms with Gasteiger partial charge in [-0.3, -0.25) is 4.79 Å². The largest absolute Gasteiger partial charge is 0.298 e. The van der Waals surface area contributed by atoms with Gasteiger partial charge in [-0.2, -0.15) is 5.48 Å². The van der Waals surface area contributed by atoms with E-state index in [1.807, 2.05) is 6.92 Å². The standard InChI is InChI=1S/C6H13NO2S/c1-4-6(5(2)8)7-9-10-3/h6-7H,4H2,1-3H3. The molecule has 0 aliphatic heterocycles. The van der Waals surface area contributed by atoms with Crippen LogP contribution in [0.3, 0.4) is 0 Å². The number of nitrogens with one attached hydrogen (secondary N) is 1. The second-order valence-corrected chi connectivity index (χ2v) is 2.44. The molecule has 0 aromatic rings. The van der Waals surface area contributed by atoms with Gasteiger partial charge in [-0.05, 0) is 13.3 Å². The zero-order valence-corrected chi connectivity index (χ0v) is 7.33. The maximum absolute atomic E-state index is 10.7. The van der Waals surface area contributed by atoms with Gasteiger partial charge in [0.1, 0.15) is 5.78 Å². The molecule has 0 aliphatic carbocycles. The summed E-state index contributed by atoms with van der Waals surface area (Å²) in [7, 11) is 0. The molecular weight excluding hydrogens is 150 g/mol. The molecule has 0 aromatic heterocycles. The van der Waals surface area contributed by atoms with Crippen LogP contribution in [0.25, 0.3) is 0 Å². The van der Waals surface area contributed by atoms with Crippen molar-refractivity contribution in [2.45, 2.75) is 26.3 Å². The molecule has 0 aliphatic rings. The summed E-state index contributed by atoms with van der Waals surface area (Å²) in [4.78, 5) is 10.7. The molecule has 0 radical (unpaired) electrons. The summed E-state index contributed by atoms with van der Waals surface area (Å²) in [6.07, 6.45) is 2.55. The Morgan fingerprint density at radius 1 is 1.80 bits per heavy atom. The molecule has 1 N–H and O–H groups in total. The first-order chi connectivity index (χ1) is 4.72.